The van der Waals surface area contributed by atoms with Crippen LogP contribution in [0.3, 0.4) is 0 Å². The molecule has 2 aromatic carbocycles. The first-order chi connectivity index (χ1) is 18.2. The molecule has 0 saturated carbocycles. The van der Waals surface area contributed by atoms with Crippen LogP contribution in [0.15, 0.2) is 53.3 Å². The normalized spacial score (nSPS) is 14.6. The molecule has 1 aliphatic rings. The maximum atomic E-state index is 13.3. The molecule has 2 aromatic heterocycles. The van der Waals surface area contributed by atoms with Crippen molar-refractivity contribution in [2.45, 2.75) is 31.7 Å². The van der Waals surface area contributed by atoms with Crippen molar-refractivity contribution in [2.24, 2.45) is 0 Å². The zero-order valence-corrected chi connectivity index (χ0v) is 20.5. The molecule has 38 heavy (non-hydrogen) atoms. The highest BCUT2D eigenvalue weighted by molar-refractivity contribution is 7.22. The van der Waals surface area contributed by atoms with E-state index in [4.69, 9.17) is 14.6 Å². The summed E-state index contributed by atoms with van der Waals surface area (Å²) in [6, 6.07) is 11.0. The zero-order valence-electron chi connectivity index (χ0n) is 19.7. The number of carboxylic acids is 1. The number of rotatable bonds is 7. The van der Waals surface area contributed by atoms with E-state index in [0.29, 0.717) is 41.5 Å². The van der Waals surface area contributed by atoms with Gasteiger partial charge in [0.05, 0.1) is 11.1 Å². The molecule has 0 aliphatic carbocycles. The summed E-state index contributed by atoms with van der Waals surface area (Å²) in [5.74, 6) is -0.547. The number of ether oxygens (including phenoxy) is 2. The third-order valence-corrected chi connectivity index (χ3v) is 7.08. The van der Waals surface area contributed by atoms with Gasteiger partial charge in [0.1, 0.15) is 34.7 Å². The fourth-order valence-corrected chi connectivity index (χ4v) is 5.02. The lowest BCUT2D eigenvalue weighted by molar-refractivity contribution is -0.139. The first kappa shape index (κ1) is 25.5. The molecule has 3 heterocycles. The van der Waals surface area contributed by atoms with Gasteiger partial charge in [0.2, 0.25) is 0 Å². The molecule has 0 atom stereocenters. The lowest BCUT2D eigenvalue weighted by atomic mass is 10.1. The summed E-state index contributed by atoms with van der Waals surface area (Å²) >= 11 is 1.19. The SMILES string of the molecule is O=C(O)c1ccc(OCc2nc3nc(N4CCC(Oc5ccccc5C(F)(F)F)CC4)sc3c(=O)[nH]2)cc1. The molecule has 198 valence electrons. The number of piperidine rings is 1. The summed E-state index contributed by atoms with van der Waals surface area (Å²) in [5, 5.41) is 9.57. The highest BCUT2D eigenvalue weighted by atomic mass is 32.1. The van der Waals surface area contributed by atoms with Crippen molar-refractivity contribution in [2.75, 3.05) is 18.0 Å². The molecule has 0 unspecified atom stereocenters. The minimum Gasteiger partial charge on any atom is -0.490 e. The summed E-state index contributed by atoms with van der Waals surface area (Å²) < 4.78 is 51.5. The van der Waals surface area contributed by atoms with E-state index in [2.05, 4.69) is 15.0 Å². The van der Waals surface area contributed by atoms with Crippen LogP contribution in [0.5, 0.6) is 11.5 Å². The molecule has 0 spiro atoms. The zero-order chi connectivity index (χ0) is 26.9. The number of thiazole rings is 1. The van der Waals surface area contributed by atoms with Gasteiger partial charge in [0, 0.05) is 25.9 Å². The summed E-state index contributed by atoms with van der Waals surface area (Å²) in [6.45, 7) is 0.949. The third-order valence-electron chi connectivity index (χ3n) is 5.98. The molecule has 9 nitrogen and oxygen atoms in total. The molecule has 4 aromatic rings. The lowest BCUT2D eigenvalue weighted by Crippen LogP contribution is -2.38. The summed E-state index contributed by atoms with van der Waals surface area (Å²) in [6.07, 6.45) is -3.89. The average molecular weight is 547 g/mol. The van der Waals surface area contributed by atoms with Crippen molar-refractivity contribution >= 4 is 32.8 Å². The first-order valence-electron chi connectivity index (χ1n) is 11.6. The van der Waals surface area contributed by atoms with Crippen LogP contribution >= 0.6 is 11.3 Å². The van der Waals surface area contributed by atoms with Crippen molar-refractivity contribution < 1.29 is 32.5 Å². The van der Waals surface area contributed by atoms with E-state index in [1.165, 1.54) is 53.8 Å². The summed E-state index contributed by atoms with van der Waals surface area (Å²) in [4.78, 5) is 37.1. The van der Waals surface area contributed by atoms with Gasteiger partial charge in [-0.25, -0.2) is 9.78 Å². The van der Waals surface area contributed by atoms with Gasteiger partial charge in [-0.15, -0.1) is 0 Å². The van der Waals surface area contributed by atoms with Gasteiger partial charge in [-0.05, 0) is 36.4 Å². The molecule has 1 fully saturated rings. The Bertz CT molecular complexity index is 1510. The van der Waals surface area contributed by atoms with Gasteiger partial charge in [0.25, 0.3) is 5.56 Å². The second-order valence-corrected chi connectivity index (χ2v) is 9.56. The van der Waals surface area contributed by atoms with Crippen LogP contribution in [-0.2, 0) is 12.8 Å². The number of aromatic amines is 1. The van der Waals surface area contributed by atoms with Gasteiger partial charge in [0.15, 0.2) is 10.8 Å². The number of halogens is 3. The van der Waals surface area contributed by atoms with Gasteiger partial charge < -0.3 is 24.5 Å². The van der Waals surface area contributed by atoms with Crippen molar-refractivity contribution in [1.82, 2.24) is 15.0 Å². The van der Waals surface area contributed by atoms with Crippen LogP contribution in [0.4, 0.5) is 18.3 Å². The van der Waals surface area contributed by atoms with Crippen LogP contribution in [0.1, 0.15) is 34.6 Å². The minimum absolute atomic E-state index is 0.0490. The van der Waals surface area contributed by atoms with E-state index in [1.54, 1.807) is 0 Å². The fraction of sp³-hybridized carbons (Fsp3) is 0.280. The summed E-state index contributed by atoms with van der Waals surface area (Å²) in [7, 11) is 0. The number of anilines is 1. The molecule has 0 radical (unpaired) electrons. The van der Waals surface area contributed by atoms with Crippen molar-refractivity contribution in [3.8, 4) is 11.5 Å². The van der Waals surface area contributed by atoms with E-state index < -0.39 is 17.7 Å². The Labute approximate surface area is 217 Å². The average Bonchev–Trinajstić information content (AvgIpc) is 3.33. The maximum absolute atomic E-state index is 13.3. The van der Waals surface area contributed by atoms with Crippen LogP contribution in [-0.4, -0.2) is 45.2 Å². The Morgan fingerprint density at radius 3 is 2.50 bits per heavy atom. The maximum Gasteiger partial charge on any atom is 0.419 e. The van der Waals surface area contributed by atoms with Crippen LogP contribution < -0.4 is 19.9 Å². The number of aromatic carboxylic acids is 1. The standard InChI is InChI=1S/C25H21F3N4O5S/c26-25(27,28)17-3-1-2-4-18(17)37-16-9-11-32(12-10-16)24-31-21-20(38-24)22(33)30-19(29-21)13-36-15-7-5-14(6-8-15)23(34)35/h1-8,16H,9-13H2,(H,34,35)(H,29,30,33). The van der Waals surface area contributed by atoms with Gasteiger partial charge in [-0.1, -0.05) is 23.5 Å². The Balaban J connectivity index is 1.23. The minimum atomic E-state index is -4.49. The highest BCUT2D eigenvalue weighted by Gasteiger charge is 2.35. The van der Waals surface area contributed by atoms with Crippen LogP contribution in [0.2, 0.25) is 0 Å². The Morgan fingerprint density at radius 1 is 1.11 bits per heavy atom. The van der Waals surface area contributed by atoms with Crippen LogP contribution in [0.25, 0.3) is 10.3 Å². The Kier molecular flexibility index (Phi) is 6.93. The van der Waals surface area contributed by atoms with Crippen molar-refractivity contribution in [3.63, 3.8) is 0 Å². The van der Waals surface area contributed by atoms with Crippen LogP contribution in [0, 0.1) is 0 Å². The van der Waals surface area contributed by atoms with E-state index >= 15 is 0 Å². The van der Waals surface area contributed by atoms with E-state index in [9.17, 15) is 22.8 Å². The molecular formula is C25H21F3N4O5S. The molecular weight excluding hydrogens is 525 g/mol. The quantitative estimate of drug-likeness (QED) is 0.342. The summed E-state index contributed by atoms with van der Waals surface area (Å²) in [5.41, 5.74) is -0.760. The van der Waals surface area contributed by atoms with E-state index in [1.807, 2.05) is 4.90 Å². The van der Waals surface area contributed by atoms with E-state index in [0.717, 1.165) is 6.07 Å². The number of para-hydroxylation sites is 1. The largest absolute Gasteiger partial charge is 0.490 e. The van der Waals surface area contributed by atoms with Gasteiger partial charge >= 0.3 is 12.1 Å². The number of nitrogens with zero attached hydrogens (tertiary/aromatic N) is 3. The highest BCUT2D eigenvalue weighted by Crippen LogP contribution is 2.37. The molecule has 5 rings (SSSR count). The number of aromatic nitrogens is 3. The number of H-pyrrole nitrogens is 1. The predicted octanol–water partition coefficient (Wildman–Crippen LogP) is 4.72. The number of hydrogen-bond donors (Lipinski definition) is 2. The molecule has 1 aliphatic heterocycles. The smallest absolute Gasteiger partial charge is 0.419 e. The van der Waals surface area contributed by atoms with Crippen molar-refractivity contribution in [3.05, 3.63) is 75.8 Å². The Morgan fingerprint density at radius 2 is 1.82 bits per heavy atom. The molecule has 2 N–H and O–H groups in total. The number of fused-ring (bicyclic) bond motifs is 1. The van der Waals surface area contributed by atoms with Gasteiger partial charge in [-0.2, -0.15) is 18.2 Å². The number of benzene rings is 2. The fourth-order valence-electron chi connectivity index (χ4n) is 4.07. The number of alkyl halides is 3. The molecule has 13 heteroatoms. The van der Waals surface area contributed by atoms with Gasteiger partial charge in [-0.3, -0.25) is 4.79 Å². The first-order valence-corrected chi connectivity index (χ1v) is 12.4. The number of nitrogens with one attached hydrogen (secondary N) is 1. The molecule has 1 saturated heterocycles. The monoisotopic (exact) mass is 546 g/mol. The van der Waals surface area contributed by atoms with E-state index in [-0.39, 0.29) is 41.1 Å². The number of carbonyl (C=O) groups is 1. The lowest BCUT2D eigenvalue weighted by Gasteiger charge is -2.32. The number of carboxylic acid groups (broad SMARTS) is 1. The topological polar surface area (TPSA) is 118 Å². The number of hydrogen-bond acceptors (Lipinski definition) is 8. The second kappa shape index (κ2) is 10.3. The second-order valence-electron chi connectivity index (χ2n) is 8.58. The third kappa shape index (κ3) is 5.57. The molecule has 0 bridgehead atoms. The molecule has 0 amide bonds. The van der Waals surface area contributed by atoms with Crippen molar-refractivity contribution in [1.29, 1.82) is 0 Å². The Hall–Kier alpha value is -4.13. The predicted molar refractivity (Wildman–Crippen MR) is 133 cm³/mol.